The minimum Gasteiger partial charge on any atom is -0.342 e. The molecule has 0 radical (unpaired) electrons. The minimum atomic E-state index is -3.07. The first-order valence-corrected chi connectivity index (χ1v) is 12.1. The largest absolute Gasteiger partial charge is 0.342 e. The first kappa shape index (κ1) is 21.1. The maximum absolute atomic E-state index is 13.0. The molecule has 2 aromatic carbocycles. The van der Waals surface area contributed by atoms with Gasteiger partial charge in [0.15, 0.2) is 9.84 Å². The number of nitrogens with zero attached hydrogens (tertiary/aromatic N) is 2. The minimum absolute atomic E-state index is 0.0353. The van der Waals surface area contributed by atoms with E-state index in [9.17, 15) is 18.0 Å². The number of carbonyl (C=O) groups is 2. The predicted octanol–water partition coefficient (Wildman–Crippen LogP) is 2.06. The molecule has 1 N–H and O–H groups in total. The van der Waals surface area contributed by atoms with Crippen LogP contribution in [0.25, 0.3) is 10.9 Å². The Bertz CT molecular complexity index is 1200. The molecule has 0 saturated carbocycles. The van der Waals surface area contributed by atoms with E-state index in [1.54, 1.807) is 6.92 Å². The predicted molar refractivity (Wildman–Crippen MR) is 120 cm³/mol. The standard InChI is InChI=1S/C23H25N3O4S/c1-17(23(28)25-11-13-31(29,30)14-12-25)24-22(27)20-16-26(15-18-7-3-2-4-8-18)21-10-6-5-9-19(20)21/h2-10,16-17H,11-15H2,1H3,(H,24,27). The quantitative estimate of drug-likeness (QED) is 0.659. The summed E-state index contributed by atoms with van der Waals surface area (Å²) >= 11 is 0. The molecule has 2 amide bonds. The Hall–Kier alpha value is -3.13. The van der Waals surface area contributed by atoms with Gasteiger partial charge in [-0.2, -0.15) is 0 Å². The Kier molecular flexibility index (Phi) is 5.82. The molecule has 7 nitrogen and oxygen atoms in total. The van der Waals surface area contributed by atoms with Crippen molar-refractivity contribution < 1.29 is 18.0 Å². The fourth-order valence-corrected chi connectivity index (χ4v) is 5.08. The number of nitrogens with one attached hydrogen (secondary N) is 1. The van der Waals surface area contributed by atoms with Gasteiger partial charge in [-0.25, -0.2) is 8.42 Å². The van der Waals surface area contributed by atoms with Gasteiger partial charge in [0.25, 0.3) is 5.91 Å². The zero-order chi connectivity index (χ0) is 22.0. The number of benzene rings is 2. The summed E-state index contributed by atoms with van der Waals surface area (Å²) in [5, 5.41) is 3.61. The summed E-state index contributed by atoms with van der Waals surface area (Å²) < 4.78 is 25.2. The third kappa shape index (κ3) is 4.64. The van der Waals surface area contributed by atoms with Gasteiger partial charge in [-0.15, -0.1) is 0 Å². The Morgan fingerprint density at radius 3 is 2.35 bits per heavy atom. The summed E-state index contributed by atoms with van der Waals surface area (Å²) in [6.07, 6.45) is 1.82. The molecule has 0 bridgehead atoms. The van der Waals surface area contributed by atoms with Gasteiger partial charge in [0.2, 0.25) is 5.91 Å². The molecule has 1 unspecified atom stereocenters. The second kappa shape index (κ2) is 8.55. The van der Waals surface area contributed by atoms with Crippen LogP contribution in [0, 0.1) is 0 Å². The van der Waals surface area contributed by atoms with Crippen LogP contribution in [0.15, 0.2) is 60.8 Å². The van der Waals surface area contributed by atoms with Crippen molar-refractivity contribution >= 4 is 32.6 Å². The van der Waals surface area contributed by atoms with E-state index in [1.165, 1.54) is 4.90 Å². The van der Waals surface area contributed by atoms with E-state index in [-0.39, 0.29) is 36.4 Å². The second-order valence-corrected chi connectivity index (χ2v) is 10.1. The van der Waals surface area contributed by atoms with Gasteiger partial charge in [0, 0.05) is 36.7 Å². The first-order valence-electron chi connectivity index (χ1n) is 10.3. The van der Waals surface area contributed by atoms with E-state index in [0.29, 0.717) is 12.1 Å². The first-order chi connectivity index (χ1) is 14.8. The molecule has 8 heteroatoms. The van der Waals surface area contributed by atoms with Crippen molar-refractivity contribution in [2.45, 2.75) is 19.5 Å². The zero-order valence-corrected chi connectivity index (χ0v) is 18.1. The number of aromatic nitrogens is 1. The van der Waals surface area contributed by atoms with Crippen LogP contribution in [0.3, 0.4) is 0 Å². The van der Waals surface area contributed by atoms with E-state index in [1.807, 2.05) is 65.4 Å². The van der Waals surface area contributed by atoms with Crippen molar-refractivity contribution in [1.82, 2.24) is 14.8 Å². The average molecular weight is 440 g/mol. The van der Waals surface area contributed by atoms with Crippen LogP contribution in [0.5, 0.6) is 0 Å². The van der Waals surface area contributed by atoms with E-state index in [0.717, 1.165) is 16.5 Å². The van der Waals surface area contributed by atoms with Crippen LogP contribution in [0.1, 0.15) is 22.8 Å². The number of hydrogen-bond acceptors (Lipinski definition) is 4. The molecule has 1 saturated heterocycles. The third-order valence-electron chi connectivity index (χ3n) is 5.60. The number of carbonyl (C=O) groups excluding carboxylic acids is 2. The molecular weight excluding hydrogens is 414 g/mol. The van der Waals surface area contributed by atoms with Gasteiger partial charge >= 0.3 is 0 Å². The molecule has 0 spiro atoms. The lowest BCUT2D eigenvalue weighted by Gasteiger charge is -2.29. The summed E-state index contributed by atoms with van der Waals surface area (Å²) in [6, 6.07) is 16.9. The van der Waals surface area contributed by atoms with Crippen molar-refractivity contribution in [3.05, 3.63) is 71.9 Å². The summed E-state index contributed by atoms with van der Waals surface area (Å²) in [7, 11) is -3.07. The third-order valence-corrected chi connectivity index (χ3v) is 7.21. The van der Waals surface area contributed by atoms with Gasteiger partial charge in [-0.05, 0) is 18.6 Å². The van der Waals surface area contributed by atoms with E-state index < -0.39 is 15.9 Å². The highest BCUT2D eigenvalue weighted by Crippen LogP contribution is 2.22. The molecule has 162 valence electrons. The lowest BCUT2D eigenvalue weighted by molar-refractivity contribution is -0.132. The number of fused-ring (bicyclic) bond motifs is 1. The van der Waals surface area contributed by atoms with Crippen LogP contribution in [0.2, 0.25) is 0 Å². The SMILES string of the molecule is CC(NC(=O)c1cn(Cc2ccccc2)c2ccccc12)C(=O)N1CCS(=O)(=O)CC1. The average Bonchev–Trinajstić information content (AvgIpc) is 3.12. The Morgan fingerprint density at radius 2 is 1.65 bits per heavy atom. The molecule has 1 aliphatic rings. The molecule has 4 rings (SSSR count). The molecule has 1 atom stereocenters. The van der Waals surface area contributed by atoms with Crippen molar-refractivity contribution in [2.24, 2.45) is 0 Å². The summed E-state index contributed by atoms with van der Waals surface area (Å²) in [6.45, 7) is 2.59. The lowest BCUT2D eigenvalue weighted by atomic mass is 10.1. The van der Waals surface area contributed by atoms with Crippen LogP contribution < -0.4 is 5.32 Å². The van der Waals surface area contributed by atoms with Gasteiger partial charge in [0.05, 0.1) is 17.1 Å². The van der Waals surface area contributed by atoms with E-state index in [4.69, 9.17) is 0 Å². The Morgan fingerprint density at radius 1 is 1.00 bits per heavy atom. The summed E-state index contributed by atoms with van der Waals surface area (Å²) in [4.78, 5) is 27.2. The molecule has 1 aromatic heterocycles. The highest BCUT2D eigenvalue weighted by atomic mass is 32.2. The summed E-state index contributed by atoms with van der Waals surface area (Å²) in [5.41, 5.74) is 2.57. The smallest absolute Gasteiger partial charge is 0.254 e. The summed E-state index contributed by atoms with van der Waals surface area (Å²) in [5.74, 6) is -0.663. The van der Waals surface area contributed by atoms with Crippen molar-refractivity contribution in [3.8, 4) is 0 Å². The van der Waals surface area contributed by atoms with Crippen LogP contribution in [0.4, 0.5) is 0 Å². The molecule has 1 fully saturated rings. The van der Waals surface area contributed by atoms with E-state index in [2.05, 4.69) is 5.32 Å². The van der Waals surface area contributed by atoms with Crippen LogP contribution in [-0.4, -0.2) is 60.3 Å². The number of para-hydroxylation sites is 1. The molecule has 31 heavy (non-hydrogen) atoms. The second-order valence-electron chi connectivity index (χ2n) is 7.85. The molecule has 1 aliphatic heterocycles. The van der Waals surface area contributed by atoms with Crippen LogP contribution >= 0.6 is 0 Å². The Balaban J connectivity index is 1.52. The van der Waals surface area contributed by atoms with Crippen molar-refractivity contribution in [2.75, 3.05) is 24.6 Å². The number of sulfone groups is 1. The zero-order valence-electron chi connectivity index (χ0n) is 17.3. The maximum atomic E-state index is 13.0. The number of amides is 2. The molecular formula is C23H25N3O4S. The van der Waals surface area contributed by atoms with Crippen molar-refractivity contribution in [3.63, 3.8) is 0 Å². The van der Waals surface area contributed by atoms with Gasteiger partial charge in [-0.3, -0.25) is 9.59 Å². The Labute approximate surface area is 181 Å². The molecule has 3 aromatic rings. The number of rotatable bonds is 5. The van der Waals surface area contributed by atoms with Gasteiger partial charge in [-0.1, -0.05) is 48.5 Å². The topological polar surface area (TPSA) is 88.5 Å². The fraction of sp³-hybridized carbons (Fsp3) is 0.304. The highest BCUT2D eigenvalue weighted by molar-refractivity contribution is 7.91. The van der Waals surface area contributed by atoms with Crippen molar-refractivity contribution in [1.29, 1.82) is 0 Å². The van der Waals surface area contributed by atoms with Crippen LogP contribution in [-0.2, 0) is 21.2 Å². The lowest BCUT2D eigenvalue weighted by Crippen LogP contribution is -2.51. The normalized spacial score (nSPS) is 16.7. The highest BCUT2D eigenvalue weighted by Gasteiger charge is 2.29. The maximum Gasteiger partial charge on any atom is 0.254 e. The van der Waals surface area contributed by atoms with E-state index >= 15 is 0 Å². The number of hydrogen-bond donors (Lipinski definition) is 1. The molecule has 2 heterocycles. The monoisotopic (exact) mass is 439 g/mol. The van der Waals surface area contributed by atoms with Gasteiger partial charge < -0.3 is 14.8 Å². The van der Waals surface area contributed by atoms with Gasteiger partial charge in [0.1, 0.15) is 6.04 Å². The molecule has 0 aliphatic carbocycles. The fourth-order valence-electron chi connectivity index (χ4n) is 3.88.